The largest absolute Gasteiger partial charge is 0.374 e. The van der Waals surface area contributed by atoms with Gasteiger partial charge in [-0.05, 0) is 23.3 Å². The second-order valence-electron chi connectivity index (χ2n) is 7.37. The van der Waals surface area contributed by atoms with E-state index >= 15 is 0 Å². The van der Waals surface area contributed by atoms with Crippen LogP contribution in [0.5, 0.6) is 0 Å². The molecule has 2 atom stereocenters. The molecule has 0 saturated heterocycles. The Balaban J connectivity index is 2.06. The van der Waals surface area contributed by atoms with E-state index in [0.29, 0.717) is 30.8 Å². The molecule has 1 saturated carbocycles. The predicted octanol–water partition coefficient (Wildman–Crippen LogP) is 3.04. The summed E-state index contributed by atoms with van der Waals surface area (Å²) in [5, 5.41) is 11.8. The summed E-state index contributed by atoms with van der Waals surface area (Å²) in [6, 6.07) is 6.27. The van der Waals surface area contributed by atoms with Crippen LogP contribution in [-0.2, 0) is 9.53 Å². The molecule has 0 spiro atoms. The van der Waals surface area contributed by atoms with E-state index in [1.54, 1.807) is 11.3 Å². The molecule has 5 nitrogen and oxygen atoms in total. The van der Waals surface area contributed by atoms with E-state index in [1.165, 1.54) is 0 Å². The third kappa shape index (κ3) is 3.59. The molecular weight excluding hydrogens is 334 g/mol. The Kier molecular flexibility index (Phi) is 5.19. The molecule has 1 aromatic rings. The average Bonchev–Trinajstić information content (AvgIpc) is 3.06. The van der Waals surface area contributed by atoms with Crippen LogP contribution in [0.15, 0.2) is 33.8 Å². The first kappa shape index (κ1) is 18.0. The van der Waals surface area contributed by atoms with Gasteiger partial charge in [0.05, 0.1) is 36.5 Å². The van der Waals surface area contributed by atoms with Gasteiger partial charge in [-0.1, -0.05) is 19.9 Å². The lowest BCUT2D eigenvalue weighted by Gasteiger charge is -2.40. The standard InChI is InChI=1S/C19H23N3O2S/c1-19(2)8-13-18(15(23)9-19)17(16-4-3-7-25-16)12(10-21)14(22-13)11-24-6-5-20/h3-4,7,17-18H,5-6,8-9,11,20H2,1-2H3. The van der Waals surface area contributed by atoms with Crippen LogP contribution < -0.4 is 5.73 Å². The minimum Gasteiger partial charge on any atom is -0.374 e. The molecule has 2 unspecified atom stereocenters. The van der Waals surface area contributed by atoms with Gasteiger partial charge in [0, 0.05) is 29.5 Å². The van der Waals surface area contributed by atoms with E-state index in [9.17, 15) is 10.1 Å². The second kappa shape index (κ2) is 7.20. The molecule has 0 radical (unpaired) electrons. The maximum Gasteiger partial charge on any atom is 0.143 e. The molecule has 0 aromatic carbocycles. The number of Topliss-reactive ketones (excluding diaryl/α,β-unsaturated/α-hetero) is 1. The monoisotopic (exact) mass is 357 g/mol. The van der Waals surface area contributed by atoms with Crippen LogP contribution in [-0.4, -0.2) is 31.3 Å². The molecule has 1 aliphatic heterocycles. The molecule has 3 rings (SSSR count). The van der Waals surface area contributed by atoms with Gasteiger partial charge < -0.3 is 10.5 Å². The highest BCUT2D eigenvalue weighted by Gasteiger charge is 2.46. The van der Waals surface area contributed by atoms with E-state index in [4.69, 9.17) is 15.5 Å². The molecule has 2 aliphatic rings. The number of nitriles is 1. The Bertz CT molecular complexity index is 756. The minimum atomic E-state index is -0.320. The van der Waals surface area contributed by atoms with Gasteiger partial charge in [-0.3, -0.25) is 9.79 Å². The molecule has 0 bridgehead atoms. The summed E-state index contributed by atoms with van der Waals surface area (Å²) in [5.41, 5.74) is 7.49. The van der Waals surface area contributed by atoms with Gasteiger partial charge in [0.2, 0.25) is 0 Å². The SMILES string of the molecule is CC1(C)CC(=O)C2C(=NC(COCCN)=C(C#N)C2c2cccs2)C1. The first-order chi connectivity index (χ1) is 12.0. The van der Waals surface area contributed by atoms with Crippen molar-refractivity contribution in [2.75, 3.05) is 19.8 Å². The van der Waals surface area contributed by atoms with E-state index < -0.39 is 0 Å². The van der Waals surface area contributed by atoms with Gasteiger partial charge in [-0.25, -0.2) is 0 Å². The third-order valence-electron chi connectivity index (χ3n) is 4.72. The number of hydrogen-bond donors (Lipinski definition) is 1. The summed E-state index contributed by atoms with van der Waals surface area (Å²) < 4.78 is 5.56. The second-order valence-corrected chi connectivity index (χ2v) is 8.35. The molecule has 25 heavy (non-hydrogen) atoms. The van der Waals surface area contributed by atoms with Crippen molar-refractivity contribution in [3.05, 3.63) is 33.7 Å². The van der Waals surface area contributed by atoms with Crippen molar-refractivity contribution in [3.63, 3.8) is 0 Å². The normalized spacial score (nSPS) is 25.4. The number of thiophene rings is 1. The van der Waals surface area contributed by atoms with Crippen molar-refractivity contribution in [2.45, 2.75) is 32.6 Å². The first-order valence-electron chi connectivity index (χ1n) is 8.51. The van der Waals surface area contributed by atoms with Crippen molar-refractivity contribution in [2.24, 2.45) is 22.1 Å². The quantitative estimate of drug-likeness (QED) is 0.820. The van der Waals surface area contributed by atoms with Crippen LogP contribution in [0.4, 0.5) is 0 Å². The number of nitrogens with two attached hydrogens (primary N) is 1. The Morgan fingerprint density at radius 2 is 2.24 bits per heavy atom. The zero-order valence-electron chi connectivity index (χ0n) is 14.6. The van der Waals surface area contributed by atoms with Crippen molar-refractivity contribution < 1.29 is 9.53 Å². The van der Waals surface area contributed by atoms with E-state index in [1.807, 2.05) is 17.5 Å². The number of ketones is 1. The summed E-state index contributed by atoms with van der Waals surface area (Å²) in [4.78, 5) is 18.7. The summed E-state index contributed by atoms with van der Waals surface area (Å²) in [6.45, 7) is 5.29. The molecule has 132 valence electrons. The maximum absolute atomic E-state index is 12.9. The summed E-state index contributed by atoms with van der Waals surface area (Å²) in [5.74, 6) is -0.375. The van der Waals surface area contributed by atoms with E-state index in [0.717, 1.165) is 17.0 Å². The predicted molar refractivity (Wildman–Crippen MR) is 98.5 cm³/mol. The number of nitrogens with zero attached hydrogens (tertiary/aromatic N) is 2. The Labute approximate surface area is 152 Å². The highest BCUT2D eigenvalue weighted by Crippen LogP contribution is 2.47. The van der Waals surface area contributed by atoms with Crippen molar-refractivity contribution >= 4 is 22.8 Å². The summed E-state index contributed by atoms with van der Waals surface area (Å²) in [6.07, 6.45) is 1.29. The molecule has 1 fully saturated rings. The molecular formula is C19H23N3O2S. The van der Waals surface area contributed by atoms with Gasteiger partial charge in [0.15, 0.2) is 0 Å². The number of ether oxygens (including phenoxy) is 1. The number of fused-ring (bicyclic) bond motifs is 1. The lowest BCUT2D eigenvalue weighted by Crippen LogP contribution is -2.43. The summed E-state index contributed by atoms with van der Waals surface area (Å²) >= 11 is 1.58. The van der Waals surface area contributed by atoms with Gasteiger partial charge in [0.25, 0.3) is 0 Å². The number of rotatable bonds is 5. The fourth-order valence-corrected chi connectivity index (χ4v) is 4.64. The number of carbonyl (C=O) groups excluding carboxylic acids is 1. The number of allylic oxidation sites excluding steroid dienone is 1. The molecule has 0 amide bonds. The zero-order chi connectivity index (χ0) is 18.0. The Morgan fingerprint density at radius 1 is 1.44 bits per heavy atom. The van der Waals surface area contributed by atoms with Crippen LogP contribution in [0, 0.1) is 22.7 Å². The topological polar surface area (TPSA) is 88.5 Å². The first-order valence-corrected chi connectivity index (χ1v) is 9.39. The number of aliphatic imine (C=N–C) groups is 1. The lowest BCUT2D eigenvalue weighted by atomic mass is 9.64. The van der Waals surface area contributed by atoms with E-state index in [2.05, 4.69) is 19.9 Å². The third-order valence-corrected chi connectivity index (χ3v) is 5.68. The van der Waals surface area contributed by atoms with Gasteiger partial charge in [-0.15, -0.1) is 11.3 Å². The van der Waals surface area contributed by atoms with Gasteiger partial charge in [0.1, 0.15) is 5.78 Å². The number of hydrogen-bond acceptors (Lipinski definition) is 6. The minimum absolute atomic E-state index is 0.0974. The highest BCUT2D eigenvalue weighted by molar-refractivity contribution is 7.10. The van der Waals surface area contributed by atoms with Crippen LogP contribution >= 0.6 is 11.3 Å². The van der Waals surface area contributed by atoms with Crippen molar-refractivity contribution in [1.29, 1.82) is 5.26 Å². The van der Waals surface area contributed by atoms with Crippen LogP contribution in [0.3, 0.4) is 0 Å². The van der Waals surface area contributed by atoms with Gasteiger partial charge in [-0.2, -0.15) is 5.26 Å². The summed E-state index contributed by atoms with van der Waals surface area (Å²) in [7, 11) is 0. The van der Waals surface area contributed by atoms with Crippen LogP contribution in [0.25, 0.3) is 0 Å². The number of carbonyl (C=O) groups is 1. The molecule has 6 heteroatoms. The van der Waals surface area contributed by atoms with Crippen LogP contribution in [0.1, 0.15) is 37.5 Å². The highest BCUT2D eigenvalue weighted by atomic mass is 32.1. The maximum atomic E-state index is 12.9. The van der Waals surface area contributed by atoms with Crippen molar-refractivity contribution in [1.82, 2.24) is 0 Å². The lowest BCUT2D eigenvalue weighted by molar-refractivity contribution is -0.124. The average molecular weight is 357 g/mol. The van der Waals surface area contributed by atoms with E-state index in [-0.39, 0.29) is 29.6 Å². The fourth-order valence-electron chi connectivity index (χ4n) is 3.77. The van der Waals surface area contributed by atoms with Gasteiger partial charge >= 0.3 is 0 Å². The molecule has 1 aromatic heterocycles. The Hall–Kier alpha value is -1.81. The van der Waals surface area contributed by atoms with Crippen LogP contribution in [0.2, 0.25) is 0 Å². The molecule has 1 aliphatic carbocycles. The Morgan fingerprint density at radius 3 is 2.88 bits per heavy atom. The molecule has 2 N–H and O–H groups in total. The smallest absolute Gasteiger partial charge is 0.143 e. The molecule has 2 heterocycles. The zero-order valence-corrected chi connectivity index (χ0v) is 15.4. The fraction of sp³-hybridized carbons (Fsp3) is 0.526. The van der Waals surface area contributed by atoms with Crippen molar-refractivity contribution in [3.8, 4) is 6.07 Å².